The van der Waals surface area contributed by atoms with Gasteiger partial charge in [-0.2, -0.15) is 0 Å². The Labute approximate surface area is 112 Å². The van der Waals surface area contributed by atoms with E-state index in [2.05, 4.69) is 34.1 Å². The van der Waals surface area contributed by atoms with Gasteiger partial charge in [0.25, 0.3) is 0 Å². The standard InChI is InChI=1S/C11H16Cl2N4/c1-16(2)8-4-3-5-17(7-8)9-6-10(12)14-15-11(9)13/h6,8H,3-5,7H2,1-2H3. The monoisotopic (exact) mass is 274 g/mol. The summed E-state index contributed by atoms with van der Waals surface area (Å²) in [6.07, 6.45) is 2.37. The Kier molecular flexibility index (Phi) is 4.07. The Bertz CT molecular complexity index is 397. The molecule has 0 amide bonds. The van der Waals surface area contributed by atoms with Gasteiger partial charge in [-0.15, -0.1) is 10.2 Å². The normalized spacial score (nSPS) is 21.0. The summed E-state index contributed by atoms with van der Waals surface area (Å²) in [7, 11) is 4.21. The SMILES string of the molecule is CN(C)C1CCCN(c2cc(Cl)nnc2Cl)C1. The van der Waals surface area contributed by atoms with Crippen molar-refractivity contribution >= 4 is 28.9 Å². The van der Waals surface area contributed by atoms with Gasteiger partial charge in [-0.3, -0.25) is 0 Å². The number of nitrogens with zero attached hydrogens (tertiary/aromatic N) is 4. The fourth-order valence-electron chi connectivity index (χ4n) is 2.16. The second kappa shape index (κ2) is 5.38. The van der Waals surface area contributed by atoms with E-state index in [1.54, 1.807) is 6.07 Å². The molecule has 0 spiro atoms. The lowest BCUT2D eigenvalue weighted by Gasteiger charge is -2.37. The Morgan fingerprint density at radius 1 is 1.35 bits per heavy atom. The predicted molar refractivity (Wildman–Crippen MR) is 71.0 cm³/mol. The molecule has 0 bridgehead atoms. The van der Waals surface area contributed by atoms with Gasteiger partial charge in [0.2, 0.25) is 0 Å². The zero-order chi connectivity index (χ0) is 12.4. The smallest absolute Gasteiger partial charge is 0.175 e. The highest BCUT2D eigenvalue weighted by Crippen LogP contribution is 2.28. The Morgan fingerprint density at radius 3 is 2.82 bits per heavy atom. The van der Waals surface area contributed by atoms with Crippen molar-refractivity contribution in [2.75, 3.05) is 32.1 Å². The highest BCUT2D eigenvalue weighted by molar-refractivity contribution is 6.33. The second-order valence-corrected chi connectivity index (χ2v) is 5.29. The summed E-state index contributed by atoms with van der Waals surface area (Å²) in [4.78, 5) is 4.48. The van der Waals surface area contributed by atoms with Gasteiger partial charge in [-0.25, -0.2) is 0 Å². The van der Waals surface area contributed by atoms with E-state index in [1.807, 2.05) is 0 Å². The maximum Gasteiger partial charge on any atom is 0.175 e. The van der Waals surface area contributed by atoms with Crippen molar-refractivity contribution in [1.29, 1.82) is 0 Å². The first-order valence-electron chi connectivity index (χ1n) is 5.68. The molecular formula is C11H16Cl2N4. The number of piperidine rings is 1. The van der Waals surface area contributed by atoms with Crippen LogP contribution in [0.3, 0.4) is 0 Å². The third-order valence-electron chi connectivity index (χ3n) is 3.17. The van der Waals surface area contributed by atoms with Crippen molar-refractivity contribution in [2.45, 2.75) is 18.9 Å². The average molecular weight is 275 g/mol. The van der Waals surface area contributed by atoms with E-state index in [4.69, 9.17) is 23.2 Å². The van der Waals surface area contributed by atoms with Crippen LogP contribution in [0.25, 0.3) is 0 Å². The summed E-state index contributed by atoms with van der Waals surface area (Å²) in [5.41, 5.74) is 0.887. The van der Waals surface area contributed by atoms with Crippen molar-refractivity contribution in [2.24, 2.45) is 0 Å². The molecule has 0 N–H and O–H groups in total. The number of likely N-dealkylation sites (N-methyl/N-ethyl adjacent to an activating group) is 1. The molecule has 1 aliphatic heterocycles. The van der Waals surface area contributed by atoms with E-state index in [-0.39, 0.29) is 0 Å². The minimum atomic E-state index is 0.386. The van der Waals surface area contributed by atoms with Crippen molar-refractivity contribution in [1.82, 2.24) is 15.1 Å². The largest absolute Gasteiger partial charge is 0.367 e. The van der Waals surface area contributed by atoms with Gasteiger partial charge >= 0.3 is 0 Å². The van der Waals surface area contributed by atoms with Gasteiger partial charge in [0.05, 0.1) is 5.69 Å². The molecular weight excluding hydrogens is 259 g/mol. The lowest BCUT2D eigenvalue weighted by atomic mass is 10.0. The molecule has 2 heterocycles. The Balaban J connectivity index is 2.18. The van der Waals surface area contributed by atoms with Gasteiger partial charge in [0.1, 0.15) is 0 Å². The molecule has 94 valence electrons. The van der Waals surface area contributed by atoms with Crippen LogP contribution in [-0.4, -0.2) is 48.3 Å². The highest BCUT2D eigenvalue weighted by atomic mass is 35.5. The van der Waals surface area contributed by atoms with Crippen LogP contribution in [0.4, 0.5) is 5.69 Å². The van der Waals surface area contributed by atoms with Crippen molar-refractivity contribution in [3.8, 4) is 0 Å². The maximum absolute atomic E-state index is 6.07. The van der Waals surface area contributed by atoms with Crippen LogP contribution in [-0.2, 0) is 0 Å². The lowest BCUT2D eigenvalue weighted by Crippen LogP contribution is -2.45. The predicted octanol–water partition coefficient (Wildman–Crippen LogP) is 2.31. The molecule has 0 aromatic carbocycles. The topological polar surface area (TPSA) is 32.3 Å². The van der Waals surface area contributed by atoms with E-state index in [0.29, 0.717) is 16.3 Å². The van der Waals surface area contributed by atoms with E-state index in [1.165, 1.54) is 6.42 Å². The summed E-state index contributed by atoms with van der Waals surface area (Å²) in [6.45, 7) is 1.95. The van der Waals surface area contributed by atoms with E-state index >= 15 is 0 Å². The van der Waals surface area contributed by atoms with E-state index in [9.17, 15) is 0 Å². The molecule has 1 aromatic heterocycles. The van der Waals surface area contributed by atoms with E-state index in [0.717, 1.165) is 25.2 Å². The van der Waals surface area contributed by atoms with Crippen molar-refractivity contribution in [3.05, 3.63) is 16.4 Å². The summed E-state index contributed by atoms with van der Waals surface area (Å²) >= 11 is 11.9. The molecule has 0 saturated carbocycles. The molecule has 17 heavy (non-hydrogen) atoms. The number of halogens is 2. The fraction of sp³-hybridized carbons (Fsp3) is 0.636. The van der Waals surface area contributed by atoms with E-state index < -0.39 is 0 Å². The molecule has 4 nitrogen and oxygen atoms in total. The van der Waals surface area contributed by atoms with Crippen LogP contribution in [0.5, 0.6) is 0 Å². The van der Waals surface area contributed by atoms with Crippen molar-refractivity contribution < 1.29 is 0 Å². The Hall–Kier alpha value is -0.580. The van der Waals surface area contributed by atoms with Crippen LogP contribution < -0.4 is 4.90 Å². The zero-order valence-corrected chi connectivity index (χ0v) is 11.5. The van der Waals surface area contributed by atoms with Crippen LogP contribution in [0.15, 0.2) is 6.07 Å². The third-order valence-corrected chi connectivity index (χ3v) is 3.62. The number of anilines is 1. The third kappa shape index (κ3) is 3.00. The second-order valence-electron chi connectivity index (χ2n) is 4.55. The molecule has 2 rings (SSSR count). The quantitative estimate of drug-likeness (QED) is 0.829. The molecule has 6 heteroatoms. The summed E-state index contributed by atoms with van der Waals surface area (Å²) in [5, 5.41) is 8.40. The lowest BCUT2D eigenvalue weighted by molar-refractivity contribution is 0.258. The number of aromatic nitrogens is 2. The van der Waals surface area contributed by atoms with Gasteiger partial charge in [-0.05, 0) is 26.9 Å². The molecule has 1 atom stereocenters. The van der Waals surface area contributed by atoms with Crippen LogP contribution >= 0.6 is 23.2 Å². The first-order valence-corrected chi connectivity index (χ1v) is 6.43. The molecule has 0 radical (unpaired) electrons. The van der Waals surface area contributed by atoms with Gasteiger partial charge in [0.15, 0.2) is 10.3 Å². The zero-order valence-electron chi connectivity index (χ0n) is 10.0. The number of hydrogen-bond donors (Lipinski definition) is 0. The highest BCUT2D eigenvalue weighted by Gasteiger charge is 2.23. The summed E-state index contributed by atoms with van der Waals surface area (Å²) < 4.78 is 0. The van der Waals surface area contributed by atoms with Crippen LogP contribution in [0, 0.1) is 0 Å². The molecule has 0 aliphatic carbocycles. The minimum Gasteiger partial charge on any atom is -0.367 e. The van der Waals surface area contributed by atoms with Crippen molar-refractivity contribution in [3.63, 3.8) is 0 Å². The molecule has 1 aliphatic rings. The first kappa shape index (κ1) is 12.9. The minimum absolute atomic E-state index is 0.386. The van der Waals surface area contributed by atoms with Crippen LogP contribution in [0.1, 0.15) is 12.8 Å². The molecule has 1 unspecified atom stereocenters. The van der Waals surface area contributed by atoms with Gasteiger partial charge in [0, 0.05) is 25.2 Å². The van der Waals surface area contributed by atoms with Gasteiger partial charge < -0.3 is 9.80 Å². The fourth-order valence-corrected chi connectivity index (χ4v) is 2.51. The molecule has 1 aromatic rings. The van der Waals surface area contributed by atoms with Crippen LogP contribution in [0.2, 0.25) is 10.3 Å². The number of rotatable bonds is 2. The first-order chi connectivity index (χ1) is 8.08. The summed E-state index contributed by atoms with van der Waals surface area (Å²) in [6, 6.07) is 2.33. The number of hydrogen-bond acceptors (Lipinski definition) is 4. The average Bonchev–Trinajstić information content (AvgIpc) is 2.32. The molecule has 1 saturated heterocycles. The molecule has 1 fully saturated rings. The maximum atomic E-state index is 6.07. The van der Waals surface area contributed by atoms with Gasteiger partial charge in [-0.1, -0.05) is 23.2 Å². The summed E-state index contributed by atoms with van der Waals surface area (Å²) in [5.74, 6) is 0. The Morgan fingerprint density at radius 2 is 2.12 bits per heavy atom.